The largest absolute Gasteiger partial charge is 0.282 e. The van der Waals surface area contributed by atoms with E-state index in [1.165, 1.54) is 34.4 Å². The Balaban J connectivity index is 1.98. The maximum Gasteiger partial charge on any atom is 0.282 e. The van der Waals surface area contributed by atoms with Crippen molar-refractivity contribution in [3.8, 4) is 11.3 Å². The summed E-state index contributed by atoms with van der Waals surface area (Å²) in [5.41, 5.74) is 1.48. The van der Waals surface area contributed by atoms with E-state index >= 15 is 0 Å². The molecule has 26 heavy (non-hydrogen) atoms. The summed E-state index contributed by atoms with van der Waals surface area (Å²) in [6.45, 7) is 3.87. The minimum Gasteiger partial charge on any atom is -0.280 e. The first-order valence-electron chi connectivity index (χ1n) is 7.79. The molecule has 0 radical (unpaired) electrons. The molecule has 0 aliphatic heterocycles. The first-order valence-corrected chi connectivity index (χ1v) is 8.67. The Morgan fingerprint density at radius 1 is 1.19 bits per heavy atom. The Morgan fingerprint density at radius 2 is 1.88 bits per heavy atom. The zero-order valence-electron chi connectivity index (χ0n) is 13.7. The fourth-order valence-electron chi connectivity index (χ4n) is 2.47. The molecule has 6 nitrogen and oxygen atoms in total. The number of aromatic nitrogens is 1. The van der Waals surface area contributed by atoms with Gasteiger partial charge in [-0.2, -0.15) is 0 Å². The normalized spacial score (nSPS) is 10.3. The van der Waals surface area contributed by atoms with Crippen LogP contribution in [0.2, 0.25) is 0 Å². The fourth-order valence-corrected chi connectivity index (χ4v) is 3.31. The highest BCUT2D eigenvalue weighted by Gasteiger charge is 2.26. The van der Waals surface area contributed by atoms with Gasteiger partial charge in [-0.15, -0.1) is 17.9 Å². The minimum absolute atomic E-state index is 0.0239. The number of nitro benzene ring substituents is 1. The first-order chi connectivity index (χ1) is 12.6. The van der Waals surface area contributed by atoms with Crippen molar-refractivity contribution in [2.75, 3.05) is 11.4 Å². The summed E-state index contributed by atoms with van der Waals surface area (Å²) in [4.78, 5) is 29.5. The molecular formula is C19H15N3O3S. The lowest BCUT2D eigenvalue weighted by atomic mass is 10.1. The molecule has 0 atom stereocenters. The van der Waals surface area contributed by atoms with Gasteiger partial charge in [-0.1, -0.05) is 48.5 Å². The van der Waals surface area contributed by atoms with Crippen LogP contribution in [0.4, 0.5) is 10.8 Å². The average Bonchev–Trinajstić information content (AvgIpc) is 3.16. The molecule has 0 aliphatic rings. The number of thiazole rings is 1. The van der Waals surface area contributed by atoms with Crippen molar-refractivity contribution in [2.24, 2.45) is 0 Å². The van der Waals surface area contributed by atoms with Gasteiger partial charge in [-0.3, -0.25) is 19.8 Å². The van der Waals surface area contributed by atoms with Crippen LogP contribution in [0.5, 0.6) is 0 Å². The molecular weight excluding hydrogens is 350 g/mol. The molecule has 3 aromatic rings. The van der Waals surface area contributed by atoms with Crippen molar-refractivity contribution in [2.45, 2.75) is 0 Å². The number of amides is 1. The van der Waals surface area contributed by atoms with E-state index in [1.807, 2.05) is 35.7 Å². The smallest absolute Gasteiger partial charge is 0.280 e. The number of nitro groups is 1. The molecule has 0 saturated heterocycles. The maximum atomic E-state index is 12.9. The molecule has 2 aromatic carbocycles. The van der Waals surface area contributed by atoms with Crippen LogP contribution in [0.15, 0.2) is 72.6 Å². The third-order valence-corrected chi connectivity index (χ3v) is 4.54. The van der Waals surface area contributed by atoms with Gasteiger partial charge in [0.1, 0.15) is 5.56 Å². The number of nitrogens with zero attached hydrogens (tertiary/aromatic N) is 3. The lowest BCUT2D eigenvalue weighted by Crippen LogP contribution is -2.31. The Kier molecular flexibility index (Phi) is 5.19. The van der Waals surface area contributed by atoms with Crippen molar-refractivity contribution in [1.29, 1.82) is 0 Å². The van der Waals surface area contributed by atoms with Crippen molar-refractivity contribution >= 4 is 28.1 Å². The van der Waals surface area contributed by atoms with Gasteiger partial charge in [0.15, 0.2) is 5.13 Å². The second kappa shape index (κ2) is 7.71. The van der Waals surface area contributed by atoms with Gasteiger partial charge in [0.05, 0.1) is 10.6 Å². The number of hydrogen-bond acceptors (Lipinski definition) is 5. The summed E-state index contributed by atoms with van der Waals surface area (Å²) in [6, 6.07) is 15.5. The molecule has 0 unspecified atom stereocenters. The number of carbonyl (C=O) groups is 1. The molecule has 7 heteroatoms. The Morgan fingerprint density at radius 3 is 2.58 bits per heavy atom. The summed E-state index contributed by atoms with van der Waals surface area (Å²) in [5, 5.41) is 13.6. The van der Waals surface area contributed by atoms with E-state index in [1.54, 1.807) is 12.1 Å². The summed E-state index contributed by atoms with van der Waals surface area (Å²) in [6.07, 6.45) is 1.57. The van der Waals surface area contributed by atoms with Gasteiger partial charge in [-0.05, 0) is 6.07 Å². The Bertz CT molecular complexity index is 953. The molecule has 0 N–H and O–H groups in total. The summed E-state index contributed by atoms with van der Waals surface area (Å²) in [7, 11) is 0. The van der Waals surface area contributed by atoms with Crippen molar-refractivity contribution in [3.05, 3.63) is 88.3 Å². The maximum absolute atomic E-state index is 12.9. The summed E-state index contributed by atoms with van der Waals surface area (Å²) in [5.74, 6) is -0.480. The lowest BCUT2D eigenvalue weighted by Gasteiger charge is -2.18. The third-order valence-electron chi connectivity index (χ3n) is 3.68. The number of carbonyl (C=O) groups excluding carboxylic acids is 1. The first kappa shape index (κ1) is 17.5. The molecule has 1 amide bonds. The number of anilines is 1. The zero-order chi connectivity index (χ0) is 18.5. The molecule has 0 saturated carbocycles. The van der Waals surface area contributed by atoms with E-state index in [9.17, 15) is 14.9 Å². The van der Waals surface area contributed by atoms with Gasteiger partial charge in [-0.25, -0.2) is 4.98 Å². The van der Waals surface area contributed by atoms with E-state index in [0.717, 1.165) is 11.3 Å². The standard InChI is InChI=1S/C19H15N3O3S/c1-2-12-21(18(23)15-10-6-7-11-17(15)22(24)25)19-20-16(13-26-19)14-8-4-3-5-9-14/h2-11,13H,1,12H2. The molecule has 3 rings (SSSR count). The number of hydrogen-bond donors (Lipinski definition) is 0. The highest BCUT2D eigenvalue weighted by molar-refractivity contribution is 7.14. The monoisotopic (exact) mass is 365 g/mol. The Labute approximate surface area is 154 Å². The van der Waals surface area contributed by atoms with Crippen LogP contribution in [0, 0.1) is 10.1 Å². The van der Waals surface area contributed by atoms with Crippen LogP contribution < -0.4 is 4.90 Å². The van der Waals surface area contributed by atoms with Crippen molar-refractivity contribution < 1.29 is 9.72 Å². The molecule has 1 heterocycles. The number of benzene rings is 2. The third kappa shape index (κ3) is 3.52. The van der Waals surface area contributed by atoms with E-state index < -0.39 is 10.8 Å². The molecule has 1 aromatic heterocycles. The van der Waals surface area contributed by atoms with Gasteiger partial charge in [0.2, 0.25) is 0 Å². The van der Waals surface area contributed by atoms with Gasteiger partial charge < -0.3 is 0 Å². The fraction of sp³-hybridized carbons (Fsp3) is 0.0526. The van der Waals surface area contributed by atoms with Crippen molar-refractivity contribution in [3.63, 3.8) is 0 Å². The quantitative estimate of drug-likeness (QED) is 0.365. The van der Waals surface area contributed by atoms with Gasteiger partial charge >= 0.3 is 0 Å². The highest BCUT2D eigenvalue weighted by Crippen LogP contribution is 2.29. The summed E-state index contributed by atoms with van der Waals surface area (Å²) >= 11 is 1.31. The predicted molar refractivity (Wildman–Crippen MR) is 103 cm³/mol. The van der Waals surface area contributed by atoms with Crippen LogP contribution in [-0.4, -0.2) is 22.4 Å². The van der Waals surface area contributed by atoms with E-state index in [2.05, 4.69) is 11.6 Å². The second-order valence-corrected chi connectivity index (χ2v) is 6.20. The Hall–Kier alpha value is -3.32. The number of rotatable bonds is 6. The van der Waals surface area contributed by atoms with Crippen molar-refractivity contribution in [1.82, 2.24) is 4.98 Å². The van der Waals surface area contributed by atoms with E-state index in [4.69, 9.17) is 0 Å². The molecule has 130 valence electrons. The van der Waals surface area contributed by atoms with E-state index in [-0.39, 0.29) is 17.8 Å². The van der Waals surface area contributed by atoms with Crippen LogP contribution in [0.1, 0.15) is 10.4 Å². The predicted octanol–water partition coefficient (Wildman–Crippen LogP) is 4.55. The van der Waals surface area contributed by atoms with E-state index in [0.29, 0.717) is 5.13 Å². The second-order valence-electron chi connectivity index (χ2n) is 5.36. The molecule has 0 aliphatic carbocycles. The van der Waals surface area contributed by atoms with Crippen LogP contribution in [0.25, 0.3) is 11.3 Å². The SMILES string of the molecule is C=CCN(C(=O)c1ccccc1[N+](=O)[O-])c1nc(-c2ccccc2)cs1. The molecule has 0 fully saturated rings. The van der Waals surface area contributed by atoms with Gasteiger partial charge in [0, 0.05) is 23.6 Å². The lowest BCUT2D eigenvalue weighted by molar-refractivity contribution is -0.385. The number of para-hydroxylation sites is 1. The molecule has 0 bridgehead atoms. The average molecular weight is 365 g/mol. The van der Waals surface area contributed by atoms with Crippen LogP contribution >= 0.6 is 11.3 Å². The zero-order valence-corrected chi connectivity index (χ0v) is 14.6. The van der Waals surface area contributed by atoms with Gasteiger partial charge in [0.25, 0.3) is 11.6 Å². The topological polar surface area (TPSA) is 76.3 Å². The van der Waals surface area contributed by atoms with Crippen LogP contribution in [-0.2, 0) is 0 Å². The van der Waals surface area contributed by atoms with Crippen LogP contribution in [0.3, 0.4) is 0 Å². The summed E-state index contributed by atoms with van der Waals surface area (Å²) < 4.78 is 0. The minimum atomic E-state index is -0.559. The highest BCUT2D eigenvalue weighted by atomic mass is 32.1. The molecule has 0 spiro atoms.